The summed E-state index contributed by atoms with van der Waals surface area (Å²) in [5.41, 5.74) is 0.349. The highest BCUT2D eigenvalue weighted by molar-refractivity contribution is 6.33. The van der Waals surface area contributed by atoms with Gasteiger partial charge in [0.25, 0.3) is 0 Å². The summed E-state index contributed by atoms with van der Waals surface area (Å²) in [7, 11) is 0. The highest BCUT2D eigenvalue weighted by Gasteiger charge is 2.31. The van der Waals surface area contributed by atoms with E-state index in [9.17, 15) is 10.1 Å². The van der Waals surface area contributed by atoms with E-state index in [4.69, 9.17) is 32.7 Å². The number of ether oxygens (including phenoxy) is 2. The molecule has 1 aliphatic rings. The number of hydrogen-bond donors (Lipinski definition) is 1. The summed E-state index contributed by atoms with van der Waals surface area (Å²) in [4.78, 5) is 18.8. The second-order valence-corrected chi connectivity index (χ2v) is 7.22. The molecule has 12 heteroatoms. The zero-order valence-electron chi connectivity index (χ0n) is 15.4. The fourth-order valence-corrected chi connectivity index (χ4v) is 3.23. The number of anilines is 1. The molecule has 1 fully saturated rings. The SMILES string of the molecule is Cc1c([N+](=O)[O-])c(OCC[C@@H](C)Nc2nc(Cl)ncc2Cl)nn1[C@H]1CCOC1. The molecular weight excluding hydrogens is 411 g/mol. The van der Waals surface area contributed by atoms with Crippen molar-refractivity contribution in [3.8, 4) is 5.88 Å². The van der Waals surface area contributed by atoms with E-state index in [1.807, 2.05) is 6.92 Å². The smallest absolute Gasteiger partial charge is 0.352 e. The summed E-state index contributed by atoms with van der Waals surface area (Å²) < 4.78 is 12.6. The van der Waals surface area contributed by atoms with Crippen LogP contribution in [-0.4, -0.2) is 50.5 Å². The van der Waals surface area contributed by atoms with Crippen LogP contribution in [0.1, 0.15) is 31.5 Å². The molecule has 0 spiro atoms. The molecule has 0 saturated carbocycles. The summed E-state index contributed by atoms with van der Waals surface area (Å²) in [5.74, 6) is 0.436. The summed E-state index contributed by atoms with van der Waals surface area (Å²) in [6.07, 6.45) is 2.71. The lowest BCUT2D eigenvalue weighted by atomic mass is 10.2. The summed E-state index contributed by atoms with van der Waals surface area (Å²) in [5, 5.41) is 19.3. The van der Waals surface area contributed by atoms with Gasteiger partial charge in [-0.15, -0.1) is 5.10 Å². The predicted octanol–water partition coefficient (Wildman–Crippen LogP) is 3.43. The Balaban J connectivity index is 1.63. The van der Waals surface area contributed by atoms with Crippen molar-refractivity contribution < 1.29 is 14.4 Å². The van der Waals surface area contributed by atoms with Crippen LogP contribution in [0.4, 0.5) is 11.5 Å². The molecule has 0 radical (unpaired) electrons. The molecule has 2 aromatic rings. The van der Waals surface area contributed by atoms with Gasteiger partial charge >= 0.3 is 11.6 Å². The van der Waals surface area contributed by atoms with E-state index in [-0.39, 0.29) is 35.5 Å². The maximum Gasteiger partial charge on any atom is 0.352 e. The Morgan fingerprint density at radius 3 is 3.00 bits per heavy atom. The lowest BCUT2D eigenvalue weighted by Gasteiger charge is -2.15. The van der Waals surface area contributed by atoms with Crippen LogP contribution in [0.2, 0.25) is 10.3 Å². The van der Waals surface area contributed by atoms with Crippen LogP contribution >= 0.6 is 23.2 Å². The van der Waals surface area contributed by atoms with E-state index in [0.29, 0.717) is 36.2 Å². The van der Waals surface area contributed by atoms with Crippen LogP contribution in [0.15, 0.2) is 6.20 Å². The third-order valence-corrected chi connectivity index (χ3v) is 4.87. The van der Waals surface area contributed by atoms with E-state index in [1.165, 1.54) is 6.20 Å². The Hall–Kier alpha value is -2.17. The third-order valence-electron chi connectivity index (χ3n) is 4.41. The number of nitrogens with one attached hydrogen (secondary N) is 1. The van der Waals surface area contributed by atoms with Crippen LogP contribution in [0.5, 0.6) is 5.88 Å². The second kappa shape index (κ2) is 8.89. The molecule has 2 atom stereocenters. The number of aromatic nitrogens is 4. The molecule has 1 saturated heterocycles. The molecule has 1 aliphatic heterocycles. The van der Waals surface area contributed by atoms with Crippen LogP contribution < -0.4 is 10.1 Å². The highest BCUT2D eigenvalue weighted by Crippen LogP contribution is 2.33. The van der Waals surface area contributed by atoms with Crippen LogP contribution in [0.3, 0.4) is 0 Å². The van der Waals surface area contributed by atoms with Gasteiger partial charge in [-0.25, -0.2) is 4.98 Å². The largest absolute Gasteiger partial charge is 0.472 e. The van der Waals surface area contributed by atoms with E-state index in [1.54, 1.807) is 11.6 Å². The summed E-state index contributed by atoms with van der Waals surface area (Å²) >= 11 is 11.8. The molecule has 0 aliphatic carbocycles. The first-order chi connectivity index (χ1) is 13.4. The van der Waals surface area contributed by atoms with Gasteiger partial charge in [0.15, 0.2) is 0 Å². The number of hydrogen-bond acceptors (Lipinski definition) is 8. The number of nitrogens with zero attached hydrogens (tertiary/aromatic N) is 5. The van der Waals surface area contributed by atoms with Crippen molar-refractivity contribution in [3.05, 3.63) is 32.3 Å². The molecule has 3 heterocycles. The first-order valence-corrected chi connectivity index (χ1v) is 9.51. The van der Waals surface area contributed by atoms with E-state index < -0.39 is 4.92 Å². The fourth-order valence-electron chi connectivity index (χ4n) is 2.95. The normalized spacial score (nSPS) is 17.5. The maximum atomic E-state index is 11.5. The molecule has 0 aromatic carbocycles. The average Bonchev–Trinajstić information content (AvgIpc) is 3.26. The second-order valence-electron chi connectivity index (χ2n) is 6.48. The number of rotatable bonds is 8. The van der Waals surface area contributed by atoms with Gasteiger partial charge in [-0.1, -0.05) is 11.6 Å². The van der Waals surface area contributed by atoms with Gasteiger partial charge in [-0.3, -0.25) is 14.8 Å². The first kappa shape index (κ1) is 20.6. The lowest BCUT2D eigenvalue weighted by Crippen LogP contribution is -2.20. The monoisotopic (exact) mass is 430 g/mol. The number of nitro groups is 1. The zero-order chi connectivity index (χ0) is 20.3. The van der Waals surface area contributed by atoms with Crippen LogP contribution in [0.25, 0.3) is 0 Å². The molecular formula is C16H20Cl2N6O4. The molecule has 0 bridgehead atoms. The van der Waals surface area contributed by atoms with E-state index in [2.05, 4.69) is 20.4 Å². The summed E-state index contributed by atoms with van der Waals surface area (Å²) in [6.45, 7) is 4.91. The Bertz CT molecular complexity index is 856. The van der Waals surface area contributed by atoms with Crippen molar-refractivity contribution in [2.75, 3.05) is 25.1 Å². The molecule has 0 unspecified atom stereocenters. The molecule has 2 aromatic heterocycles. The van der Waals surface area contributed by atoms with Crippen molar-refractivity contribution in [1.82, 2.24) is 19.7 Å². The Morgan fingerprint density at radius 2 is 2.32 bits per heavy atom. The zero-order valence-corrected chi connectivity index (χ0v) is 16.9. The van der Waals surface area contributed by atoms with E-state index in [0.717, 1.165) is 6.42 Å². The quantitative estimate of drug-likeness (QED) is 0.384. The topological polar surface area (TPSA) is 117 Å². The van der Waals surface area contributed by atoms with Gasteiger partial charge in [-0.05, 0) is 31.9 Å². The fraction of sp³-hybridized carbons (Fsp3) is 0.562. The third kappa shape index (κ3) is 4.62. The van der Waals surface area contributed by atoms with Gasteiger partial charge in [0.1, 0.15) is 16.5 Å². The van der Waals surface area contributed by atoms with Gasteiger partial charge < -0.3 is 14.8 Å². The van der Waals surface area contributed by atoms with Crippen molar-refractivity contribution in [2.45, 2.75) is 38.8 Å². The highest BCUT2D eigenvalue weighted by atomic mass is 35.5. The summed E-state index contributed by atoms with van der Waals surface area (Å²) in [6, 6.07) is -0.0877. The molecule has 0 amide bonds. The minimum Gasteiger partial charge on any atom is -0.472 e. The average molecular weight is 431 g/mol. The molecule has 3 rings (SSSR count). The number of halogens is 2. The lowest BCUT2D eigenvalue weighted by molar-refractivity contribution is -0.386. The van der Waals surface area contributed by atoms with Gasteiger partial charge in [0.2, 0.25) is 5.28 Å². The first-order valence-electron chi connectivity index (χ1n) is 8.75. The molecule has 1 N–H and O–H groups in total. The van der Waals surface area contributed by atoms with Crippen molar-refractivity contribution in [2.24, 2.45) is 0 Å². The molecule has 28 heavy (non-hydrogen) atoms. The predicted molar refractivity (Wildman–Crippen MR) is 103 cm³/mol. The van der Waals surface area contributed by atoms with Gasteiger partial charge in [0, 0.05) is 19.1 Å². The van der Waals surface area contributed by atoms with Crippen molar-refractivity contribution >= 4 is 34.7 Å². The Labute approximate surface area is 171 Å². The van der Waals surface area contributed by atoms with E-state index >= 15 is 0 Å². The standard InChI is InChI=1S/C16H20Cl2N6O4/c1-9(20-14-12(17)7-19-16(18)21-14)3-6-28-15-13(24(25)26)10(2)23(22-15)11-4-5-27-8-11/h7,9,11H,3-6,8H2,1-2H3,(H,19,20,21)/t9-,11+/m1/s1. The minimum absolute atomic E-state index is 0.0127. The van der Waals surface area contributed by atoms with Gasteiger partial charge in [-0.2, -0.15) is 4.98 Å². The minimum atomic E-state index is -0.464. The Kier molecular flexibility index (Phi) is 6.53. The Morgan fingerprint density at radius 1 is 1.54 bits per heavy atom. The van der Waals surface area contributed by atoms with Gasteiger partial charge in [0.05, 0.1) is 30.4 Å². The molecule has 152 valence electrons. The van der Waals surface area contributed by atoms with Crippen LogP contribution in [-0.2, 0) is 4.74 Å². The van der Waals surface area contributed by atoms with Crippen molar-refractivity contribution in [1.29, 1.82) is 0 Å². The van der Waals surface area contributed by atoms with Crippen molar-refractivity contribution in [3.63, 3.8) is 0 Å². The molecule has 10 nitrogen and oxygen atoms in total. The van der Waals surface area contributed by atoms with Crippen LogP contribution in [0, 0.1) is 17.0 Å². The maximum absolute atomic E-state index is 11.5.